The predicted octanol–water partition coefficient (Wildman–Crippen LogP) is 3.83. The lowest BCUT2D eigenvalue weighted by molar-refractivity contribution is 0.0342. The highest BCUT2D eigenvalue weighted by Crippen LogP contribution is 2.31. The van der Waals surface area contributed by atoms with Gasteiger partial charge in [-0.1, -0.05) is 42.5 Å². The lowest BCUT2D eigenvalue weighted by atomic mass is 9.97. The molecule has 1 aromatic heterocycles. The van der Waals surface area contributed by atoms with Crippen LogP contribution in [0.1, 0.15) is 11.1 Å². The van der Waals surface area contributed by atoms with Crippen LogP contribution in [0.5, 0.6) is 0 Å². The highest BCUT2D eigenvalue weighted by molar-refractivity contribution is 5.98. The summed E-state index contributed by atoms with van der Waals surface area (Å²) in [5, 5.41) is 16.9. The number of fused-ring (bicyclic) bond motifs is 1. The molecule has 32 heavy (non-hydrogen) atoms. The van der Waals surface area contributed by atoms with Gasteiger partial charge in [0, 0.05) is 25.2 Å². The molecule has 1 fully saturated rings. The van der Waals surface area contributed by atoms with E-state index in [2.05, 4.69) is 56.9 Å². The van der Waals surface area contributed by atoms with E-state index in [9.17, 15) is 0 Å². The first kappa shape index (κ1) is 20.4. The van der Waals surface area contributed by atoms with Crippen LogP contribution in [0.2, 0.25) is 0 Å². The fraction of sp³-hybridized carbons (Fsp3) is 0.200. The zero-order valence-electron chi connectivity index (χ0n) is 17.7. The van der Waals surface area contributed by atoms with E-state index < -0.39 is 0 Å². The summed E-state index contributed by atoms with van der Waals surface area (Å²) < 4.78 is 7.66. The van der Waals surface area contributed by atoms with Gasteiger partial charge >= 0.3 is 0 Å². The molecule has 0 atom stereocenters. The number of imidazole rings is 1. The van der Waals surface area contributed by atoms with E-state index in [0.717, 1.165) is 49.6 Å². The van der Waals surface area contributed by atoms with Crippen LogP contribution in [0, 0.1) is 5.41 Å². The summed E-state index contributed by atoms with van der Waals surface area (Å²) in [4.78, 5) is 7.02. The molecule has 2 heterocycles. The van der Waals surface area contributed by atoms with Crippen LogP contribution >= 0.6 is 0 Å². The van der Waals surface area contributed by atoms with Crippen molar-refractivity contribution in [2.45, 2.75) is 6.54 Å². The molecule has 162 valence electrons. The second-order valence-electron chi connectivity index (χ2n) is 7.86. The molecule has 0 saturated carbocycles. The smallest absolute Gasteiger partial charge is 0.149 e. The molecule has 5 rings (SSSR count). The number of aromatic nitrogens is 2. The summed E-state index contributed by atoms with van der Waals surface area (Å²) in [5.74, 6) is -0.0551. The van der Waals surface area contributed by atoms with Crippen molar-refractivity contribution in [1.29, 1.82) is 5.41 Å². The van der Waals surface area contributed by atoms with Crippen molar-refractivity contribution in [2.75, 3.05) is 26.3 Å². The third-order valence-corrected chi connectivity index (χ3v) is 5.93. The minimum atomic E-state index is -0.0551. The van der Waals surface area contributed by atoms with Crippen LogP contribution < -0.4 is 5.48 Å². The van der Waals surface area contributed by atoms with Crippen LogP contribution in [0.3, 0.4) is 0 Å². The molecule has 0 radical (unpaired) electrons. The molecule has 3 N–H and O–H groups in total. The maximum absolute atomic E-state index is 9.06. The highest BCUT2D eigenvalue weighted by atomic mass is 16.5. The van der Waals surface area contributed by atoms with E-state index in [1.165, 1.54) is 16.7 Å². The second-order valence-corrected chi connectivity index (χ2v) is 7.86. The zero-order chi connectivity index (χ0) is 21.9. The van der Waals surface area contributed by atoms with Gasteiger partial charge in [0.1, 0.15) is 12.2 Å². The van der Waals surface area contributed by atoms with Crippen LogP contribution in [0.25, 0.3) is 27.8 Å². The highest BCUT2D eigenvalue weighted by Gasteiger charge is 2.19. The Morgan fingerprint density at radius 3 is 2.62 bits per heavy atom. The Kier molecular flexibility index (Phi) is 5.68. The van der Waals surface area contributed by atoms with Gasteiger partial charge in [-0.3, -0.25) is 25.6 Å². The lowest BCUT2D eigenvalue weighted by Crippen LogP contribution is -2.36. The van der Waals surface area contributed by atoms with Gasteiger partial charge in [-0.2, -0.15) is 0 Å². The second kappa shape index (κ2) is 8.92. The maximum Gasteiger partial charge on any atom is 0.149 e. The van der Waals surface area contributed by atoms with Crippen LogP contribution in [-0.4, -0.2) is 51.8 Å². The standard InChI is InChI=1S/C25H25N5O2/c26-25(28-31)19-9-10-24-22(15-19)27-17-30(24)23-8-4-7-20(18-5-2-1-3-6-18)21(23)16-29-11-13-32-14-12-29/h1-10,15,17,31H,11-14,16H2,(H2,26,28). The Morgan fingerprint density at radius 1 is 1.03 bits per heavy atom. The van der Waals surface area contributed by atoms with Crippen LogP contribution in [-0.2, 0) is 11.3 Å². The number of rotatable bonds is 5. The van der Waals surface area contributed by atoms with Gasteiger partial charge < -0.3 is 4.74 Å². The minimum Gasteiger partial charge on any atom is -0.379 e. The predicted molar refractivity (Wildman–Crippen MR) is 124 cm³/mol. The fourth-order valence-electron chi connectivity index (χ4n) is 4.26. The minimum absolute atomic E-state index is 0.0551. The number of nitrogens with zero attached hydrogens (tertiary/aromatic N) is 3. The number of morpholine rings is 1. The van der Waals surface area contributed by atoms with Crippen molar-refractivity contribution in [2.24, 2.45) is 0 Å². The van der Waals surface area contributed by atoms with E-state index in [1.54, 1.807) is 6.07 Å². The van der Waals surface area contributed by atoms with Gasteiger partial charge in [0.2, 0.25) is 0 Å². The van der Waals surface area contributed by atoms with Crippen LogP contribution in [0.4, 0.5) is 0 Å². The van der Waals surface area contributed by atoms with Gasteiger partial charge in [0.25, 0.3) is 0 Å². The number of nitrogens with one attached hydrogen (secondary N) is 2. The Hall–Kier alpha value is -3.52. The van der Waals surface area contributed by atoms with Crippen molar-refractivity contribution in [3.05, 3.63) is 84.2 Å². The van der Waals surface area contributed by atoms with E-state index in [1.807, 2.05) is 30.0 Å². The quantitative estimate of drug-likeness (QED) is 0.256. The van der Waals surface area contributed by atoms with Crippen molar-refractivity contribution < 1.29 is 9.94 Å². The molecule has 0 bridgehead atoms. The summed E-state index contributed by atoms with van der Waals surface area (Å²) in [6.45, 7) is 4.15. The zero-order valence-corrected chi connectivity index (χ0v) is 17.7. The SMILES string of the molecule is N=C(NO)c1ccc2c(c1)ncn2-c1cccc(-c2ccccc2)c1CN1CCOCC1. The van der Waals surface area contributed by atoms with Crippen LogP contribution in [0.15, 0.2) is 73.1 Å². The fourth-order valence-corrected chi connectivity index (χ4v) is 4.26. The molecule has 7 heteroatoms. The first-order chi connectivity index (χ1) is 15.7. The molecule has 1 aliphatic rings. The van der Waals surface area contributed by atoms with Gasteiger partial charge in [-0.15, -0.1) is 0 Å². The van der Waals surface area contributed by atoms with E-state index in [0.29, 0.717) is 5.56 Å². The van der Waals surface area contributed by atoms with Gasteiger partial charge in [-0.25, -0.2) is 4.98 Å². The molecule has 3 aromatic carbocycles. The topological polar surface area (TPSA) is 86.4 Å². The third kappa shape index (κ3) is 3.89. The summed E-state index contributed by atoms with van der Waals surface area (Å²) in [5.41, 5.74) is 8.92. The van der Waals surface area contributed by atoms with E-state index >= 15 is 0 Å². The monoisotopic (exact) mass is 427 g/mol. The van der Waals surface area contributed by atoms with Gasteiger partial charge in [0.05, 0.1) is 29.9 Å². The van der Waals surface area contributed by atoms with E-state index in [-0.39, 0.29) is 5.84 Å². The Balaban J connectivity index is 1.64. The first-order valence-corrected chi connectivity index (χ1v) is 10.7. The van der Waals surface area contributed by atoms with Crippen molar-refractivity contribution in [3.8, 4) is 16.8 Å². The lowest BCUT2D eigenvalue weighted by Gasteiger charge is -2.28. The molecule has 4 aromatic rings. The Labute approximate surface area is 186 Å². The Morgan fingerprint density at radius 2 is 1.84 bits per heavy atom. The van der Waals surface area contributed by atoms with Crippen molar-refractivity contribution in [1.82, 2.24) is 19.9 Å². The Bertz CT molecular complexity index is 1250. The molecular formula is C25H25N5O2. The molecule has 0 aliphatic carbocycles. The van der Waals surface area contributed by atoms with Gasteiger partial charge in [-0.05, 0) is 41.0 Å². The number of benzene rings is 3. The van der Waals surface area contributed by atoms with Crippen molar-refractivity contribution >= 4 is 16.9 Å². The largest absolute Gasteiger partial charge is 0.379 e. The number of hydrogen-bond donors (Lipinski definition) is 3. The maximum atomic E-state index is 9.06. The summed E-state index contributed by atoms with van der Waals surface area (Å²) >= 11 is 0. The summed E-state index contributed by atoms with van der Waals surface area (Å²) in [6.07, 6.45) is 1.83. The first-order valence-electron chi connectivity index (χ1n) is 10.7. The number of hydroxylamine groups is 1. The number of ether oxygens (including phenoxy) is 1. The molecule has 0 spiro atoms. The number of hydrogen-bond acceptors (Lipinski definition) is 5. The molecule has 1 aliphatic heterocycles. The van der Waals surface area contributed by atoms with Gasteiger partial charge in [0.15, 0.2) is 0 Å². The normalized spacial score (nSPS) is 14.5. The summed E-state index contributed by atoms with van der Waals surface area (Å²) in [6, 6.07) is 22.4. The molecule has 0 unspecified atom stereocenters. The average molecular weight is 428 g/mol. The number of amidine groups is 1. The molecule has 1 saturated heterocycles. The molecule has 0 amide bonds. The average Bonchev–Trinajstić information content (AvgIpc) is 3.28. The third-order valence-electron chi connectivity index (χ3n) is 5.93. The molecule has 7 nitrogen and oxygen atoms in total. The van der Waals surface area contributed by atoms with Crippen molar-refractivity contribution in [3.63, 3.8) is 0 Å². The van der Waals surface area contributed by atoms with E-state index in [4.69, 9.17) is 15.4 Å². The molecular weight excluding hydrogens is 402 g/mol. The summed E-state index contributed by atoms with van der Waals surface area (Å²) in [7, 11) is 0.